The smallest absolute Gasteiger partial charge is 0.164 e. The molecule has 0 aliphatic carbocycles. The predicted molar refractivity (Wildman–Crippen MR) is 228 cm³/mol. The van der Waals surface area contributed by atoms with E-state index in [4.69, 9.17) is 24.9 Å². The predicted octanol–water partition coefficient (Wildman–Crippen LogP) is 12.1. The van der Waals surface area contributed by atoms with Gasteiger partial charge < -0.3 is 0 Å². The molecule has 10 aromatic rings. The highest BCUT2D eigenvalue weighted by Crippen LogP contribution is 2.34. The van der Waals surface area contributed by atoms with Crippen LogP contribution in [0, 0.1) is 13.8 Å². The molecule has 0 atom stereocenters. The second-order valence-electron chi connectivity index (χ2n) is 14.1. The molecule has 0 bridgehead atoms. The molecule has 6 nitrogen and oxygen atoms in total. The Hall–Kier alpha value is -7.44. The highest BCUT2D eigenvalue weighted by molar-refractivity contribution is 6.04. The number of pyridine rings is 3. The van der Waals surface area contributed by atoms with Crippen molar-refractivity contribution >= 4 is 32.6 Å². The largest absolute Gasteiger partial charge is 0.263 e. The topological polar surface area (TPSA) is 77.3 Å². The van der Waals surface area contributed by atoms with Gasteiger partial charge in [0.25, 0.3) is 0 Å². The van der Waals surface area contributed by atoms with Gasteiger partial charge in [0.15, 0.2) is 17.5 Å². The molecule has 56 heavy (non-hydrogen) atoms. The Morgan fingerprint density at radius 2 is 0.982 bits per heavy atom. The van der Waals surface area contributed by atoms with E-state index < -0.39 is 0 Å². The zero-order valence-corrected chi connectivity index (χ0v) is 30.8. The third-order valence-electron chi connectivity index (χ3n) is 10.4. The van der Waals surface area contributed by atoms with Crippen molar-refractivity contribution in [1.29, 1.82) is 0 Å². The number of aromatic nitrogens is 6. The molecule has 0 N–H and O–H groups in total. The lowest BCUT2D eigenvalue weighted by molar-refractivity contribution is 1.07. The first-order chi connectivity index (χ1) is 27.5. The first kappa shape index (κ1) is 33.2. The van der Waals surface area contributed by atoms with Gasteiger partial charge in [0, 0.05) is 62.1 Å². The summed E-state index contributed by atoms with van der Waals surface area (Å²) in [7, 11) is 0. The van der Waals surface area contributed by atoms with Crippen LogP contribution in [-0.2, 0) is 0 Å². The summed E-state index contributed by atoms with van der Waals surface area (Å²) >= 11 is 0. The maximum Gasteiger partial charge on any atom is 0.164 e. The van der Waals surface area contributed by atoms with E-state index in [0.29, 0.717) is 17.5 Å². The fourth-order valence-electron chi connectivity index (χ4n) is 7.56. The van der Waals surface area contributed by atoms with Gasteiger partial charge in [-0.05, 0) is 65.8 Å². The average Bonchev–Trinajstić information content (AvgIpc) is 3.26. The molecule has 0 saturated heterocycles. The van der Waals surface area contributed by atoms with Crippen LogP contribution >= 0.6 is 0 Å². The van der Waals surface area contributed by atoms with Crippen molar-refractivity contribution in [3.05, 3.63) is 181 Å². The Morgan fingerprint density at radius 3 is 1.80 bits per heavy atom. The van der Waals surface area contributed by atoms with Crippen molar-refractivity contribution in [3.8, 4) is 67.7 Å². The van der Waals surface area contributed by atoms with Crippen LogP contribution in [-0.4, -0.2) is 29.9 Å². The SMILES string of the molecule is Cc1cc(C)c2ccc3ccc(-c4cccc(-c5ccc(-c6nc(-c7ccccc7)nc(-c7cccc(-c8cncc9ccccc89)c7)n6)cc5)c4)nc3c2n1. The Bertz CT molecular complexity index is 3100. The minimum Gasteiger partial charge on any atom is -0.263 e. The van der Waals surface area contributed by atoms with Crippen LogP contribution in [0.25, 0.3) is 100 Å². The lowest BCUT2D eigenvalue weighted by atomic mass is 9.99. The molecular formula is C50H34N6. The van der Waals surface area contributed by atoms with Gasteiger partial charge in [0.2, 0.25) is 0 Å². The van der Waals surface area contributed by atoms with E-state index in [1.54, 1.807) is 0 Å². The molecule has 0 unspecified atom stereocenters. The minimum absolute atomic E-state index is 0.608. The van der Waals surface area contributed by atoms with Crippen LogP contribution in [0.1, 0.15) is 11.3 Å². The quantitative estimate of drug-likeness (QED) is 0.159. The normalized spacial score (nSPS) is 11.4. The zero-order chi connectivity index (χ0) is 37.6. The van der Waals surface area contributed by atoms with Gasteiger partial charge in [0.05, 0.1) is 16.7 Å². The van der Waals surface area contributed by atoms with E-state index in [9.17, 15) is 0 Å². The maximum absolute atomic E-state index is 5.16. The van der Waals surface area contributed by atoms with Crippen molar-refractivity contribution in [2.75, 3.05) is 0 Å². The van der Waals surface area contributed by atoms with E-state index >= 15 is 0 Å². The van der Waals surface area contributed by atoms with Crippen molar-refractivity contribution in [1.82, 2.24) is 29.9 Å². The van der Waals surface area contributed by atoms with Gasteiger partial charge in [-0.3, -0.25) is 9.97 Å². The first-order valence-corrected chi connectivity index (χ1v) is 18.7. The van der Waals surface area contributed by atoms with Crippen molar-refractivity contribution < 1.29 is 0 Å². The molecule has 10 rings (SSSR count). The van der Waals surface area contributed by atoms with Crippen LogP contribution < -0.4 is 0 Å². The molecule has 0 aliphatic heterocycles. The summed E-state index contributed by atoms with van der Waals surface area (Å²) in [5.74, 6) is 1.84. The number of nitrogens with zero attached hydrogens (tertiary/aromatic N) is 6. The van der Waals surface area contributed by atoms with Crippen LogP contribution in [0.5, 0.6) is 0 Å². The summed E-state index contributed by atoms with van der Waals surface area (Å²) in [4.78, 5) is 29.6. The standard InChI is InChI=1S/C50H34N6/c1-31-26-32(2)52-47-42(31)24-22-34-23-25-45(53-46(34)47)39-15-8-13-37(27-39)33-18-20-36(21-19-33)49-54-48(35-10-4-3-5-11-35)55-50(56-49)40-16-9-14-38(28-40)44-30-51-29-41-12-6-7-17-43(41)44/h3-30H,1-2H3. The number of aryl methyl sites for hydroxylation is 2. The number of rotatable bonds is 6. The van der Waals surface area contributed by atoms with Gasteiger partial charge in [0.1, 0.15) is 0 Å². The van der Waals surface area contributed by atoms with Crippen LogP contribution in [0.15, 0.2) is 170 Å². The van der Waals surface area contributed by atoms with Crippen molar-refractivity contribution in [3.63, 3.8) is 0 Å². The molecule has 0 radical (unpaired) electrons. The van der Waals surface area contributed by atoms with E-state index in [-0.39, 0.29) is 0 Å². The molecule has 0 spiro atoms. The second-order valence-corrected chi connectivity index (χ2v) is 14.1. The van der Waals surface area contributed by atoms with Gasteiger partial charge in [-0.1, -0.05) is 133 Å². The fraction of sp³-hybridized carbons (Fsp3) is 0.0400. The Morgan fingerprint density at radius 1 is 0.357 bits per heavy atom. The summed E-state index contributed by atoms with van der Waals surface area (Å²) in [6, 6.07) is 54.4. The van der Waals surface area contributed by atoms with E-state index in [1.165, 1.54) is 5.56 Å². The molecule has 264 valence electrons. The summed E-state index contributed by atoms with van der Waals surface area (Å²) < 4.78 is 0. The van der Waals surface area contributed by atoms with Gasteiger partial charge in [-0.25, -0.2) is 19.9 Å². The Labute approximate surface area is 324 Å². The Kier molecular flexibility index (Phi) is 8.15. The molecular weight excluding hydrogens is 685 g/mol. The fourth-order valence-corrected chi connectivity index (χ4v) is 7.56. The summed E-state index contributed by atoms with van der Waals surface area (Å²) in [5, 5.41) is 4.46. The number of hydrogen-bond acceptors (Lipinski definition) is 6. The number of hydrogen-bond donors (Lipinski definition) is 0. The monoisotopic (exact) mass is 718 g/mol. The van der Waals surface area contributed by atoms with Crippen LogP contribution in [0.4, 0.5) is 0 Å². The molecule has 6 heteroatoms. The zero-order valence-electron chi connectivity index (χ0n) is 30.8. The molecule has 0 fully saturated rings. The molecule has 4 heterocycles. The lowest BCUT2D eigenvalue weighted by Gasteiger charge is -2.11. The molecule has 6 aromatic carbocycles. The Balaban J connectivity index is 1.01. The summed E-state index contributed by atoms with van der Waals surface area (Å²) in [6.45, 7) is 4.17. The van der Waals surface area contributed by atoms with Crippen LogP contribution in [0.2, 0.25) is 0 Å². The second kappa shape index (κ2) is 13.8. The van der Waals surface area contributed by atoms with Crippen molar-refractivity contribution in [2.45, 2.75) is 13.8 Å². The van der Waals surface area contributed by atoms with E-state index in [1.807, 2.05) is 55.7 Å². The number of fused-ring (bicyclic) bond motifs is 4. The molecule has 0 amide bonds. The third kappa shape index (κ3) is 6.13. The summed E-state index contributed by atoms with van der Waals surface area (Å²) in [6.07, 6.45) is 3.82. The summed E-state index contributed by atoms with van der Waals surface area (Å²) in [5.41, 5.74) is 13.1. The lowest BCUT2D eigenvalue weighted by Crippen LogP contribution is -2.00. The first-order valence-electron chi connectivity index (χ1n) is 18.7. The molecule has 4 aromatic heterocycles. The average molecular weight is 719 g/mol. The van der Waals surface area contributed by atoms with Gasteiger partial charge >= 0.3 is 0 Å². The number of benzene rings is 6. The highest BCUT2D eigenvalue weighted by Gasteiger charge is 2.15. The van der Waals surface area contributed by atoms with E-state index in [2.05, 4.69) is 133 Å². The molecule has 0 saturated carbocycles. The maximum atomic E-state index is 5.16. The van der Waals surface area contributed by atoms with Gasteiger partial charge in [-0.2, -0.15) is 0 Å². The van der Waals surface area contributed by atoms with Crippen molar-refractivity contribution in [2.24, 2.45) is 0 Å². The van der Waals surface area contributed by atoms with Gasteiger partial charge in [-0.15, -0.1) is 0 Å². The van der Waals surface area contributed by atoms with Crippen LogP contribution in [0.3, 0.4) is 0 Å². The highest BCUT2D eigenvalue weighted by atomic mass is 15.0. The van der Waals surface area contributed by atoms with E-state index in [0.717, 1.165) is 88.5 Å². The molecule has 0 aliphatic rings. The third-order valence-corrected chi connectivity index (χ3v) is 10.4. The minimum atomic E-state index is 0.608.